The number of nitrogens with one attached hydrogen (secondary N) is 3. The van der Waals surface area contributed by atoms with Crippen LogP contribution in [0.1, 0.15) is 44.3 Å². The summed E-state index contributed by atoms with van der Waals surface area (Å²) in [5.74, 6) is -2.37. The number of rotatable bonds is 5. The van der Waals surface area contributed by atoms with E-state index in [0.717, 1.165) is 40.0 Å². The number of carbonyl (C=O) groups excluding carboxylic acids is 2. The normalized spacial score (nSPS) is 21.4. The molecule has 9 nitrogen and oxygen atoms in total. The van der Waals surface area contributed by atoms with Gasteiger partial charge in [-0.05, 0) is 38.6 Å². The molecule has 1 aromatic carbocycles. The van der Waals surface area contributed by atoms with Crippen molar-refractivity contribution in [3.8, 4) is 0 Å². The number of likely N-dealkylation sites (N-methyl/N-ethyl adjacent to an activating group) is 1. The van der Waals surface area contributed by atoms with Gasteiger partial charge in [0.2, 0.25) is 0 Å². The van der Waals surface area contributed by atoms with Crippen LogP contribution in [0.3, 0.4) is 0 Å². The summed E-state index contributed by atoms with van der Waals surface area (Å²) < 4.78 is 39.5. The lowest BCUT2D eigenvalue weighted by Gasteiger charge is -2.40. The quantitative estimate of drug-likeness (QED) is 0.363. The second-order valence-corrected chi connectivity index (χ2v) is 11.1. The zero-order chi connectivity index (χ0) is 27.2. The summed E-state index contributed by atoms with van der Waals surface area (Å²) in [4.78, 5) is 36.5. The first kappa shape index (κ1) is 26.6. The van der Waals surface area contributed by atoms with Gasteiger partial charge in [0.05, 0.1) is 5.69 Å². The summed E-state index contributed by atoms with van der Waals surface area (Å²) in [6, 6.07) is 5.97. The smallest absolute Gasteiger partial charge is 0.372 e. The van der Waals surface area contributed by atoms with E-state index >= 15 is 0 Å². The lowest BCUT2D eigenvalue weighted by molar-refractivity contribution is -0.187. The number of benzene rings is 1. The average Bonchev–Trinajstić information content (AvgIpc) is 3.47. The summed E-state index contributed by atoms with van der Waals surface area (Å²) in [6.45, 7) is 2.99. The van der Waals surface area contributed by atoms with Crippen molar-refractivity contribution in [3.63, 3.8) is 0 Å². The molecule has 0 bridgehead atoms. The Morgan fingerprint density at radius 1 is 1.24 bits per heavy atom. The minimum absolute atomic E-state index is 0.0798. The van der Waals surface area contributed by atoms with E-state index in [4.69, 9.17) is 0 Å². The predicted octanol–water partition coefficient (Wildman–Crippen LogP) is 2.46. The van der Waals surface area contributed by atoms with Crippen molar-refractivity contribution in [1.29, 1.82) is 0 Å². The second-order valence-electron chi connectivity index (χ2n) is 9.98. The maximum atomic E-state index is 13.2. The largest absolute Gasteiger partial charge is 0.471 e. The number of piperidine rings is 1. The van der Waals surface area contributed by atoms with Crippen molar-refractivity contribution in [2.75, 3.05) is 26.7 Å². The van der Waals surface area contributed by atoms with E-state index in [1.165, 1.54) is 11.3 Å². The van der Waals surface area contributed by atoms with Crippen molar-refractivity contribution in [3.05, 3.63) is 51.1 Å². The number of halogens is 3. The minimum Gasteiger partial charge on any atom is -0.372 e. The molecule has 0 aliphatic carbocycles. The van der Waals surface area contributed by atoms with Crippen LogP contribution in [0, 0.1) is 6.92 Å². The maximum Gasteiger partial charge on any atom is 0.471 e. The Bertz CT molecular complexity index is 1360. The Balaban J connectivity index is 1.34. The number of aliphatic hydroxyl groups excluding tert-OH is 1. The van der Waals surface area contributed by atoms with Gasteiger partial charge in [-0.1, -0.05) is 11.6 Å². The first-order chi connectivity index (χ1) is 18.0. The van der Waals surface area contributed by atoms with Crippen LogP contribution in [-0.4, -0.2) is 81.6 Å². The number of aliphatic hydroxyl groups is 1. The van der Waals surface area contributed by atoms with Crippen molar-refractivity contribution in [2.45, 2.75) is 50.8 Å². The number of aryl methyl sites for hydroxylation is 1. The fraction of sp³-hybridized carbons (Fsp3) is 0.480. The lowest BCUT2D eigenvalue weighted by atomic mass is 9.98. The third kappa shape index (κ3) is 5.55. The molecule has 2 aromatic heterocycles. The third-order valence-corrected chi connectivity index (χ3v) is 8.16. The van der Waals surface area contributed by atoms with E-state index < -0.39 is 36.3 Å². The van der Waals surface area contributed by atoms with Crippen LogP contribution in [0.15, 0.2) is 24.3 Å². The van der Waals surface area contributed by atoms with Crippen LogP contribution in [-0.2, 0) is 17.8 Å². The average molecular weight is 551 g/mol. The Morgan fingerprint density at radius 3 is 2.79 bits per heavy atom. The van der Waals surface area contributed by atoms with Crippen molar-refractivity contribution >= 4 is 34.1 Å². The number of carbonyl (C=O) groups is 2. The first-order valence-corrected chi connectivity index (χ1v) is 13.2. The molecule has 0 spiro atoms. The van der Waals surface area contributed by atoms with E-state index in [2.05, 4.69) is 25.5 Å². The number of aromatic amines is 1. The highest BCUT2D eigenvalue weighted by Crippen LogP contribution is 2.29. The molecule has 1 saturated heterocycles. The molecule has 0 saturated carbocycles. The Labute approximate surface area is 221 Å². The van der Waals surface area contributed by atoms with Gasteiger partial charge in [0.15, 0.2) is 6.23 Å². The summed E-state index contributed by atoms with van der Waals surface area (Å²) in [7, 11) is 1.99. The summed E-state index contributed by atoms with van der Waals surface area (Å²) in [5, 5.41) is 18.0. The van der Waals surface area contributed by atoms with Gasteiger partial charge in [-0.2, -0.15) is 13.2 Å². The van der Waals surface area contributed by atoms with Gasteiger partial charge >= 0.3 is 12.1 Å². The molecular formula is C25H29F3N6O3S. The Morgan fingerprint density at radius 2 is 2.03 bits per heavy atom. The van der Waals surface area contributed by atoms with E-state index in [9.17, 15) is 27.9 Å². The molecule has 0 radical (unpaired) electrons. The van der Waals surface area contributed by atoms with Crippen LogP contribution in [0.5, 0.6) is 0 Å². The number of alkyl halides is 3. The molecule has 2 aliphatic rings. The highest BCUT2D eigenvalue weighted by molar-refractivity contribution is 7.11. The zero-order valence-corrected chi connectivity index (χ0v) is 21.7. The van der Waals surface area contributed by atoms with Crippen LogP contribution < -0.4 is 10.6 Å². The van der Waals surface area contributed by atoms with Gasteiger partial charge in [0.25, 0.3) is 5.91 Å². The van der Waals surface area contributed by atoms with Crippen LogP contribution in [0.25, 0.3) is 10.9 Å². The van der Waals surface area contributed by atoms with Gasteiger partial charge in [0, 0.05) is 60.5 Å². The molecular weight excluding hydrogens is 521 g/mol. The number of aromatic nitrogens is 2. The lowest BCUT2D eigenvalue weighted by Crippen LogP contribution is -2.62. The van der Waals surface area contributed by atoms with Crippen LogP contribution >= 0.6 is 11.3 Å². The van der Waals surface area contributed by atoms with Crippen LogP contribution in [0.2, 0.25) is 0 Å². The molecule has 13 heteroatoms. The fourth-order valence-electron chi connectivity index (χ4n) is 5.01. The number of nitrogens with zero attached hydrogens (tertiary/aromatic N) is 3. The molecule has 38 heavy (non-hydrogen) atoms. The van der Waals surface area contributed by atoms with Crippen molar-refractivity contribution in [2.24, 2.45) is 0 Å². The molecule has 3 aromatic rings. The number of H-pyrrole nitrogens is 1. The van der Waals surface area contributed by atoms with Gasteiger partial charge in [-0.25, -0.2) is 4.98 Å². The number of amides is 2. The molecule has 4 heterocycles. The monoisotopic (exact) mass is 550 g/mol. The summed E-state index contributed by atoms with van der Waals surface area (Å²) in [5.41, 5.74) is 3.05. The fourth-order valence-corrected chi connectivity index (χ4v) is 6.15. The number of thiazole rings is 1. The van der Waals surface area contributed by atoms with Gasteiger partial charge in [-0.3, -0.25) is 14.9 Å². The predicted molar refractivity (Wildman–Crippen MR) is 136 cm³/mol. The van der Waals surface area contributed by atoms with E-state index in [1.54, 1.807) is 6.07 Å². The molecule has 2 aliphatic heterocycles. The van der Waals surface area contributed by atoms with Gasteiger partial charge < -0.3 is 25.2 Å². The SMILES string of the molecule is Cc1ccc2[nH]c(C(=O)N[C@H]3CCN(C(=O)C(F)(F)F)C[C@H]3NC(O)c3nc4c(s3)CN(C)CC4)cc2c1. The van der Waals surface area contributed by atoms with E-state index in [1.807, 2.05) is 32.2 Å². The van der Waals surface area contributed by atoms with Gasteiger partial charge in [0.1, 0.15) is 10.7 Å². The molecule has 3 atom stereocenters. The topological polar surface area (TPSA) is 114 Å². The van der Waals surface area contributed by atoms with Crippen molar-refractivity contribution in [1.82, 2.24) is 30.4 Å². The highest BCUT2D eigenvalue weighted by atomic mass is 32.1. The van der Waals surface area contributed by atoms with Gasteiger partial charge in [-0.15, -0.1) is 11.3 Å². The van der Waals surface area contributed by atoms with Crippen molar-refractivity contribution < 1.29 is 27.9 Å². The molecule has 5 rings (SSSR count). The number of hydrogen-bond acceptors (Lipinski definition) is 7. The molecule has 204 valence electrons. The standard InChI is InChI=1S/C25H29F3N6O3S/c1-13-3-4-15-14(9-13)10-18(29-15)21(35)30-16-6-8-34(24(37)25(26,27)28)11-19(16)31-22(36)23-32-17-5-7-33(2)12-20(17)38-23/h3-4,9-10,16,19,22,29,31,36H,5-8,11-12H2,1-2H3,(H,30,35)/t16-,19+,22?/m0/s1. The minimum atomic E-state index is -5.01. The number of hydrogen-bond donors (Lipinski definition) is 4. The van der Waals surface area contributed by atoms with E-state index in [-0.39, 0.29) is 19.5 Å². The maximum absolute atomic E-state index is 13.2. The third-order valence-electron chi connectivity index (χ3n) is 7.02. The molecule has 2 amide bonds. The number of likely N-dealkylation sites (tertiary alicyclic amines) is 1. The second kappa shape index (κ2) is 10.3. The Kier molecular flexibility index (Phi) is 7.20. The number of fused-ring (bicyclic) bond motifs is 2. The summed E-state index contributed by atoms with van der Waals surface area (Å²) in [6.07, 6.45) is -5.45. The molecule has 1 unspecified atom stereocenters. The highest BCUT2D eigenvalue weighted by Gasteiger charge is 2.45. The van der Waals surface area contributed by atoms with Crippen LogP contribution in [0.4, 0.5) is 13.2 Å². The van der Waals surface area contributed by atoms with E-state index in [0.29, 0.717) is 22.1 Å². The molecule has 4 N–H and O–H groups in total. The summed E-state index contributed by atoms with van der Waals surface area (Å²) >= 11 is 1.34. The zero-order valence-electron chi connectivity index (χ0n) is 20.9. The Hall–Kier alpha value is -3.00. The molecule has 1 fully saturated rings. The first-order valence-electron chi connectivity index (χ1n) is 12.4.